The van der Waals surface area contributed by atoms with Gasteiger partial charge in [0.25, 0.3) is 0 Å². The SMILES string of the molecule is C1=CCC(c2nc3ccc4c5c6c(cc(-c7ccccc7)cc6n4-c4ccc(-c6nc(-c7ccccc7)nc(-c7ccc8ccccc8c7)n6)cc4)c4ccccc4n2c35)C=C1. The number of fused-ring (bicyclic) bond motifs is 4. The first-order chi connectivity index (χ1) is 30.7. The fourth-order valence-electron chi connectivity index (χ4n) is 9.69. The normalized spacial score (nSPS) is 14.1. The molecule has 6 nitrogen and oxygen atoms in total. The number of aromatic nitrogens is 6. The number of hydrogen-bond donors (Lipinski definition) is 0. The monoisotopic (exact) mass is 792 g/mol. The predicted octanol–water partition coefficient (Wildman–Crippen LogP) is 13.8. The Morgan fingerprint density at radius 2 is 1.11 bits per heavy atom. The molecule has 0 saturated carbocycles. The first-order valence-electron chi connectivity index (χ1n) is 21.2. The zero-order valence-electron chi connectivity index (χ0n) is 33.5. The molecule has 62 heavy (non-hydrogen) atoms. The summed E-state index contributed by atoms with van der Waals surface area (Å²) in [4.78, 5) is 20.6. The van der Waals surface area contributed by atoms with Crippen LogP contribution in [-0.2, 0) is 0 Å². The molecule has 0 amide bonds. The molecule has 1 aliphatic rings. The van der Waals surface area contributed by atoms with Gasteiger partial charge in [-0.1, -0.05) is 140 Å². The Bertz CT molecular complexity index is 3770. The van der Waals surface area contributed by atoms with Crippen molar-refractivity contribution in [2.24, 2.45) is 0 Å². The Morgan fingerprint density at radius 3 is 1.89 bits per heavy atom. The van der Waals surface area contributed by atoms with Gasteiger partial charge in [-0.05, 0) is 94.4 Å². The topological polar surface area (TPSA) is 60.9 Å². The lowest BCUT2D eigenvalue weighted by Crippen LogP contribution is -2.03. The molecule has 1 unspecified atom stereocenters. The van der Waals surface area contributed by atoms with Crippen LogP contribution in [0.15, 0.2) is 200 Å². The molecule has 1 aliphatic carbocycles. The summed E-state index contributed by atoms with van der Waals surface area (Å²) in [6.07, 6.45) is 9.74. The summed E-state index contributed by atoms with van der Waals surface area (Å²) in [5.41, 5.74) is 11.8. The largest absolute Gasteiger partial charge is 0.309 e. The third kappa shape index (κ3) is 5.36. The molecule has 4 heterocycles. The molecule has 0 spiro atoms. The van der Waals surface area contributed by atoms with Gasteiger partial charge < -0.3 is 4.57 Å². The average molecular weight is 793 g/mol. The maximum absolute atomic E-state index is 5.41. The fourth-order valence-corrected chi connectivity index (χ4v) is 9.69. The second-order valence-electron chi connectivity index (χ2n) is 16.2. The van der Waals surface area contributed by atoms with E-state index in [4.69, 9.17) is 19.9 Å². The van der Waals surface area contributed by atoms with Crippen LogP contribution in [-0.4, -0.2) is 28.9 Å². The van der Waals surface area contributed by atoms with E-state index < -0.39 is 0 Å². The summed E-state index contributed by atoms with van der Waals surface area (Å²) in [5, 5.41) is 7.19. The van der Waals surface area contributed by atoms with E-state index in [1.807, 2.05) is 18.2 Å². The summed E-state index contributed by atoms with van der Waals surface area (Å²) in [6, 6.07) is 62.5. The predicted molar refractivity (Wildman–Crippen MR) is 254 cm³/mol. The van der Waals surface area contributed by atoms with Gasteiger partial charge in [0.1, 0.15) is 5.82 Å². The average Bonchev–Trinajstić information content (AvgIpc) is 3.87. The minimum Gasteiger partial charge on any atom is -0.309 e. The molecular weight excluding hydrogens is 757 g/mol. The molecule has 0 radical (unpaired) electrons. The van der Waals surface area contributed by atoms with Gasteiger partial charge in [-0.3, -0.25) is 4.40 Å². The van der Waals surface area contributed by atoms with Crippen LogP contribution >= 0.6 is 0 Å². The molecule has 0 saturated heterocycles. The first-order valence-corrected chi connectivity index (χ1v) is 21.2. The molecule has 1 atom stereocenters. The van der Waals surface area contributed by atoms with Crippen molar-refractivity contribution >= 4 is 59.9 Å². The van der Waals surface area contributed by atoms with Crippen molar-refractivity contribution in [3.63, 3.8) is 0 Å². The summed E-state index contributed by atoms with van der Waals surface area (Å²) in [6.45, 7) is 0. The van der Waals surface area contributed by atoms with E-state index in [9.17, 15) is 0 Å². The van der Waals surface area contributed by atoms with Crippen molar-refractivity contribution < 1.29 is 0 Å². The van der Waals surface area contributed by atoms with Gasteiger partial charge in [-0.25, -0.2) is 19.9 Å². The Balaban J connectivity index is 1.05. The quantitative estimate of drug-likeness (QED) is 0.168. The van der Waals surface area contributed by atoms with Gasteiger partial charge in [-0.15, -0.1) is 0 Å². The molecule has 8 aromatic carbocycles. The van der Waals surface area contributed by atoms with E-state index in [-0.39, 0.29) is 5.92 Å². The maximum Gasteiger partial charge on any atom is 0.164 e. The molecule has 4 aromatic heterocycles. The van der Waals surface area contributed by atoms with Crippen LogP contribution in [0.1, 0.15) is 18.2 Å². The minimum atomic E-state index is 0.168. The van der Waals surface area contributed by atoms with Crippen molar-refractivity contribution in [2.45, 2.75) is 12.3 Å². The fraction of sp³-hybridized carbons (Fsp3) is 0.0357. The van der Waals surface area contributed by atoms with Crippen LogP contribution in [0, 0.1) is 0 Å². The third-order valence-electron chi connectivity index (χ3n) is 12.6. The molecule has 290 valence electrons. The van der Waals surface area contributed by atoms with E-state index in [1.165, 1.54) is 38.1 Å². The summed E-state index contributed by atoms with van der Waals surface area (Å²) >= 11 is 0. The molecular formula is C56H36N6. The maximum atomic E-state index is 5.41. The van der Waals surface area contributed by atoms with Gasteiger partial charge in [0, 0.05) is 44.5 Å². The smallest absolute Gasteiger partial charge is 0.164 e. The standard InChI is InChI=1S/C56H36N6/c1-4-14-35(15-5-1)42-33-45-44-22-12-13-23-47(44)62-52-46(57-56(62)39-19-8-3-9-20-39)30-31-48-51(52)50(45)49(34-42)61(48)43-28-26-38(27-29-43)54-58-53(37-17-6-2-7-18-37)59-55(60-54)41-25-24-36-16-10-11-21-40(36)32-41/h1-19,21-34,39H,20H2. The van der Waals surface area contributed by atoms with Crippen LogP contribution in [0.2, 0.25) is 0 Å². The number of allylic oxidation sites excluding steroid dienone is 4. The van der Waals surface area contributed by atoms with Crippen molar-refractivity contribution in [3.8, 4) is 51.0 Å². The van der Waals surface area contributed by atoms with Crippen LogP contribution in [0.4, 0.5) is 0 Å². The number of rotatable bonds is 6. The van der Waals surface area contributed by atoms with Crippen molar-refractivity contribution in [1.82, 2.24) is 28.9 Å². The second kappa shape index (κ2) is 13.7. The summed E-state index contributed by atoms with van der Waals surface area (Å²) < 4.78 is 4.88. The highest BCUT2D eigenvalue weighted by molar-refractivity contribution is 6.30. The van der Waals surface area contributed by atoms with Gasteiger partial charge in [0.15, 0.2) is 17.5 Å². The summed E-state index contributed by atoms with van der Waals surface area (Å²) in [7, 11) is 0. The van der Waals surface area contributed by atoms with Gasteiger partial charge >= 0.3 is 0 Å². The molecule has 12 aromatic rings. The lowest BCUT2D eigenvalue weighted by Gasteiger charge is -2.13. The Hall–Kier alpha value is -8.22. The molecule has 6 heteroatoms. The van der Waals surface area contributed by atoms with E-state index in [1.54, 1.807) is 0 Å². The number of para-hydroxylation sites is 1. The highest BCUT2D eigenvalue weighted by Gasteiger charge is 2.26. The summed E-state index contributed by atoms with van der Waals surface area (Å²) in [5.74, 6) is 3.14. The number of nitrogens with zero attached hydrogens (tertiary/aromatic N) is 6. The Morgan fingerprint density at radius 1 is 0.435 bits per heavy atom. The lowest BCUT2D eigenvalue weighted by molar-refractivity contribution is 0.778. The second-order valence-corrected chi connectivity index (χ2v) is 16.2. The molecule has 0 N–H and O–H groups in total. The van der Waals surface area contributed by atoms with Crippen LogP contribution in [0.5, 0.6) is 0 Å². The Kier molecular flexibility index (Phi) is 7.63. The van der Waals surface area contributed by atoms with Crippen LogP contribution in [0.25, 0.3) is 111 Å². The van der Waals surface area contributed by atoms with Gasteiger partial charge in [-0.2, -0.15) is 0 Å². The van der Waals surface area contributed by atoms with Crippen molar-refractivity contribution in [1.29, 1.82) is 0 Å². The van der Waals surface area contributed by atoms with Crippen molar-refractivity contribution in [2.75, 3.05) is 0 Å². The first kappa shape index (κ1) is 34.6. The van der Waals surface area contributed by atoms with Crippen molar-refractivity contribution in [3.05, 3.63) is 206 Å². The van der Waals surface area contributed by atoms with Gasteiger partial charge in [0.2, 0.25) is 0 Å². The van der Waals surface area contributed by atoms with Gasteiger partial charge in [0.05, 0.1) is 27.6 Å². The minimum absolute atomic E-state index is 0.168. The number of imidazole rings is 1. The van der Waals surface area contributed by atoms with E-state index in [0.29, 0.717) is 17.5 Å². The van der Waals surface area contributed by atoms with Crippen LogP contribution < -0.4 is 0 Å². The molecule has 13 rings (SSSR count). The highest BCUT2D eigenvalue weighted by Crippen LogP contribution is 2.45. The lowest BCUT2D eigenvalue weighted by atomic mass is 9.98. The van der Waals surface area contributed by atoms with Crippen LogP contribution in [0.3, 0.4) is 0 Å². The van der Waals surface area contributed by atoms with E-state index in [0.717, 1.165) is 67.6 Å². The zero-order chi connectivity index (χ0) is 40.7. The molecule has 0 fully saturated rings. The molecule has 0 aliphatic heterocycles. The third-order valence-corrected chi connectivity index (χ3v) is 12.6. The molecule has 0 bridgehead atoms. The zero-order valence-corrected chi connectivity index (χ0v) is 33.5. The number of benzene rings is 8. The highest BCUT2D eigenvalue weighted by atomic mass is 15.1. The number of hydrogen-bond acceptors (Lipinski definition) is 4. The van der Waals surface area contributed by atoms with E-state index in [2.05, 4.69) is 191 Å². The Labute approximate surface area is 356 Å². The van der Waals surface area contributed by atoms with E-state index >= 15 is 0 Å².